The van der Waals surface area contributed by atoms with E-state index in [4.69, 9.17) is 28.1 Å². The van der Waals surface area contributed by atoms with Gasteiger partial charge in [0.2, 0.25) is 5.89 Å². The topological polar surface area (TPSA) is 89.3 Å². The van der Waals surface area contributed by atoms with E-state index < -0.39 is 0 Å². The van der Waals surface area contributed by atoms with Crippen molar-refractivity contribution in [3.63, 3.8) is 0 Å². The first-order valence-corrected chi connectivity index (χ1v) is 9.94. The number of aromatic nitrogens is 1. The van der Waals surface area contributed by atoms with Crippen LogP contribution in [0.15, 0.2) is 53.0 Å². The van der Waals surface area contributed by atoms with E-state index in [2.05, 4.69) is 4.98 Å². The smallest absolute Gasteiger partial charge is 0.338 e. The van der Waals surface area contributed by atoms with E-state index in [-0.39, 0.29) is 19.6 Å². The Bertz CT molecular complexity index is 1100. The monoisotopic (exact) mass is 439 g/mol. The van der Waals surface area contributed by atoms with Crippen molar-refractivity contribution >= 4 is 29.2 Å². The summed E-state index contributed by atoms with van der Waals surface area (Å²) in [4.78, 5) is 16.3. The first-order valence-electron chi connectivity index (χ1n) is 9.94. The van der Waals surface area contributed by atoms with Crippen LogP contribution >= 0.6 is 0 Å². The second kappa shape index (κ2) is 11.7. The zero-order chi connectivity index (χ0) is 22.8. The molecule has 1 heterocycles. The van der Waals surface area contributed by atoms with Gasteiger partial charge in [0.1, 0.15) is 5.52 Å². The van der Waals surface area contributed by atoms with Crippen molar-refractivity contribution in [1.82, 2.24) is 4.98 Å². The quantitative estimate of drug-likeness (QED) is 0.241. The predicted molar refractivity (Wildman–Crippen MR) is 119 cm³/mol. The van der Waals surface area contributed by atoms with Gasteiger partial charge in [-0.05, 0) is 42.8 Å². The molecule has 0 aliphatic heterocycles. The minimum atomic E-state index is -0.384. The fourth-order valence-corrected chi connectivity index (χ4v) is 2.77. The molecule has 0 aliphatic rings. The van der Waals surface area contributed by atoms with Gasteiger partial charge in [-0.3, -0.25) is 0 Å². The lowest BCUT2D eigenvalue weighted by Crippen LogP contribution is -2.04. The first kappa shape index (κ1) is 23.1. The average molecular weight is 439 g/mol. The predicted octanol–water partition coefficient (Wildman–Crippen LogP) is 4.70. The highest BCUT2D eigenvalue weighted by Gasteiger charge is 2.10. The van der Waals surface area contributed by atoms with Crippen molar-refractivity contribution in [3.8, 4) is 11.5 Å². The third-order valence-electron chi connectivity index (χ3n) is 4.19. The number of allylic oxidation sites excluding steroid dienone is 2. The van der Waals surface area contributed by atoms with Gasteiger partial charge in [0.15, 0.2) is 30.7 Å². The zero-order valence-corrected chi connectivity index (χ0v) is 18.2. The standard InChI is InChI=1S/C24H25NO7/c1-4-29-24(26)18-10-12-20-19(14-18)25-23(32-20)8-6-5-7-17-9-11-21(30-15-27-2)22(13-17)31-16-28-3/h5-14H,4,15-16H2,1-3H3/b7-5+,8-6+. The number of methoxy groups -OCH3 is 2. The Hall–Kier alpha value is -3.62. The summed E-state index contributed by atoms with van der Waals surface area (Å²) < 4.78 is 31.7. The molecule has 0 N–H and O–H groups in total. The molecular formula is C24H25NO7. The molecule has 0 amide bonds. The summed E-state index contributed by atoms with van der Waals surface area (Å²) in [6.45, 7) is 2.30. The minimum Gasteiger partial charge on any atom is -0.464 e. The zero-order valence-electron chi connectivity index (χ0n) is 18.2. The number of benzene rings is 2. The van der Waals surface area contributed by atoms with Crippen LogP contribution in [0.4, 0.5) is 0 Å². The normalized spacial score (nSPS) is 11.5. The van der Waals surface area contributed by atoms with Crippen LogP contribution in [0.25, 0.3) is 23.3 Å². The largest absolute Gasteiger partial charge is 0.464 e. The van der Waals surface area contributed by atoms with E-state index in [1.165, 1.54) is 0 Å². The van der Waals surface area contributed by atoms with Gasteiger partial charge < -0.3 is 28.1 Å². The van der Waals surface area contributed by atoms with Crippen LogP contribution in [-0.2, 0) is 14.2 Å². The van der Waals surface area contributed by atoms with E-state index in [9.17, 15) is 4.79 Å². The molecule has 8 heteroatoms. The number of rotatable bonds is 11. The summed E-state index contributed by atoms with van der Waals surface area (Å²) in [5.41, 5.74) is 2.52. The highest BCUT2D eigenvalue weighted by Crippen LogP contribution is 2.29. The molecule has 0 aliphatic carbocycles. The van der Waals surface area contributed by atoms with Crippen molar-refractivity contribution in [1.29, 1.82) is 0 Å². The average Bonchev–Trinajstić information content (AvgIpc) is 3.22. The van der Waals surface area contributed by atoms with Crippen LogP contribution in [0, 0.1) is 0 Å². The molecule has 8 nitrogen and oxygen atoms in total. The van der Waals surface area contributed by atoms with E-state index in [0.717, 1.165) is 5.56 Å². The molecular weight excluding hydrogens is 414 g/mol. The molecule has 168 valence electrons. The maximum atomic E-state index is 11.9. The van der Waals surface area contributed by atoms with Crippen molar-refractivity contribution in [2.24, 2.45) is 0 Å². The number of hydrogen-bond acceptors (Lipinski definition) is 8. The lowest BCUT2D eigenvalue weighted by Gasteiger charge is -2.12. The van der Waals surface area contributed by atoms with Crippen LogP contribution in [-0.4, -0.2) is 45.4 Å². The molecule has 2 aromatic carbocycles. The molecule has 0 bridgehead atoms. The SMILES string of the molecule is CCOC(=O)c1ccc2oc(/C=C/C=C/c3ccc(OCOC)c(OCOC)c3)nc2c1. The van der Waals surface area contributed by atoms with Crippen LogP contribution < -0.4 is 9.47 Å². The number of hydrogen-bond donors (Lipinski definition) is 0. The van der Waals surface area contributed by atoms with Gasteiger partial charge >= 0.3 is 5.97 Å². The molecule has 0 fully saturated rings. The summed E-state index contributed by atoms with van der Waals surface area (Å²) in [7, 11) is 3.10. The second-order valence-corrected chi connectivity index (χ2v) is 6.48. The summed E-state index contributed by atoms with van der Waals surface area (Å²) in [5.74, 6) is 1.15. The van der Waals surface area contributed by atoms with Crippen LogP contribution in [0.3, 0.4) is 0 Å². The maximum Gasteiger partial charge on any atom is 0.338 e. The van der Waals surface area contributed by atoms with Gasteiger partial charge in [-0.25, -0.2) is 9.78 Å². The summed E-state index contributed by atoms with van der Waals surface area (Å²) in [6, 6.07) is 10.5. The van der Waals surface area contributed by atoms with E-state index in [0.29, 0.717) is 40.7 Å². The third kappa shape index (κ3) is 6.19. The Morgan fingerprint density at radius 3 is 2.47 bits per heavy atom. The lowest BCUT2D eigenvalue weighted by atomic mass is 10.2. The molecule has 0 spiro atoms. The van der Waals surface area contributed by atoms with Crippen molar-refractivity contribution in [2.45, 2.75) is 6.92 Å². The summed E-state index contributed by atoms with van der Waals surface area (Å²) in [5, 5.41) is 0. The molecule has 0 atom stereocenters. The molecule has 0 unspecified atom stereocenters. The van der Waals surface area contributed by atoms with Gasteiger partial charge in [-0.1, -0.05) is 24.3 Å². The van der Waals surface area contributed by atoms with Gasteiger partial charge in [0, 0.05) is 20.3 Å². The minimum absolute atomic E-state index is 0.103. The van der Waals surface area contributed by atoms with Crippen molar-refractivity contribution in [3.05, 3.63) is 65.6 Å². The van der Waals surface area contributed by atoms with Gasteiger partial charge in [-0.2, -0.15) is 0 Å². The number of carbonyl (C=O) groups is 1. The number of nitrogens with zero attached hydrogens (tertiary/aromatic N) is 1. The molecule has 0 saturated carbocycles. The number of esters is 1. The van der Waals surface area contributed by atoms with Crippen LogP contribution in [0.1, 0.15) is 28.7 Å². The van der Waals surface area contributed by atoms with Gasteiger partial charge in [0.05, 0.1) is 12.2 Å². The van der Waals surface area contributed by atoms with Crippen LogP contribution in [0.5, 0.6) is 11.5 Å². The lowest BCUT2D eigenvalue weighted by molar-refractivity contribution is 0.0322. The highest BCUT2D eigenvalue weighted by atomic mass is 16.7. The number of carbonyl (C=O) groups excluding carboxylic acids is 1. The number of fused-ring (bicyclic) bond motifs is 1. The van der Waals surface area contributed by atoms with Crippen molar-refractivity contribution < 1.29 is 32.9 Å². The van der Waals surface area contributed by atoms with E-state index in [1.54, 1.807) is 51.5 Å². The second-order valence-electron chi connectivity index (χ2n) is 6.48. The number of ether oxygens (including phenoxy) is 5. The molecule has 3 rings (SSSR count). The highest BCUT2D eigenvalue weighted by molar-refractivity contribution is 5.93. The maximum absolute atomic E-state index is 11.9. The Morgan fingerprint density at radius 1 is 0.969 bits per heavy atom. The Kier molecular flexibility index (Phi) is 8.42. The Morgan fingerprint density at radius 2 is 1.72 bits per heavy atom. The number of oxazole rings is 1. The van der Waals surface area contributed by atoms with E-state index in [1.807, 2.05) is 30.4 Å². The first-order chi connectivity index (χ1) is 15.6. The van der Waals surface area contributed by atoms with Gasteiger partial charge in [-0.15, -0.1) is 0 Å². The van der Waals surface area contributed by atoms with Crippen LogP contribution in [0.2, 0.25) is 0 Å². The fourth-order valence-electron chi connectivity index (χ4n) is 2.77. The van der Waals surface area contributed by atoms with Gasteiger partial charge in [0.25, 0.3) is 0 Å². The Balaban J connectivity index is 1.70. The Labute approximate surface area is 186 Å². The molecule has 32 heavy (non-hydrogen) atoms. The fraction of sp³-hybridized carbons (Fsp3) is 0.250. The summed E-state index contributed by atoms with van der Waals surface area (Å²) >= 11 is 0. The van der Waals surface area contributed by atoms with E-state index >= 15 is 0 Å². The third-order valence-corrected chi connectivity index (χ3v) is 4.19. The van der Waals surface area contributed by atoms with Crippen molar-refractivity contribution in [2.75, 3.05) is 34.4 Å². The molecule has 0 radical (unpaired) electrons. The molecule has 1 aromatic heterocycles. The summed E-state index contributed by atoms with van der Waals surface area (Å²) in [6.07, 6.45) is 7.29. The molecule has 3 aromatic rings. The molecule has 0 saturated heterocycles.